The molecule has 10 heteroatoms. The van der Waals surface area contributed by atoms with E-state index in [9.17, 15) is 4.79 Å². The lowest BCUT2D eigenvalue weighted by molar-refractivity contribution is 0.100. The molecule has 0 spiro atoms. The van der Waals surface area contributed by atoms with Crippen molar-refractivity contribution >= 4 is 28.9 Å². The van der Waals surface area contributed by atoms with Gasteiger partial charge in [0.25, 0.3) is 5.91 Å². The van der Waals surface area contributed by atoms with Crippen molar-refractivity contribution in [1.29, 1.82) is 0 Å². The van der Waals surface area contributed by atoms with Crippen molar-refractivity contribution in [1.82, 2.24) is 19.7 Å². The van der Waals surface area contributed by atoms with E-state index in [-0.39, 0.29) is 5.91 Å². The van der Waals surface area contributed by atoms with Gasteiger partial charge in [0.1, 0.15) is 0 Å². The van der Waals surface area contributed by atoms with Crippen LogP contribution in [0.4, 0.5) is 17.1 Å². The maximum absolute atomic E-state index is 13.7. The van der Waals surface area contributed by atoms with Crippen LogP contribution in [0, 0.1) is 18.8 Å². The van der Waals surface area contributed by atoms with Gasteiger partial charge < -0.3 is 25.2 Å². The van der Waals surface area contributed by atoms with E-state index in [0.29, 0.717) is 41.5 Å². The number of carbonyl (C=O) groups is 1. The Morgan fingerprint density at radius 2 is 1.91 bits per heavy atom. The molecule has 1 aliphatic carbocycles. The maximum atomic E-state index is 13.7. The second-order valence-corrected chi connectivity index (χ2v) is 12.5. The Labute approximate surface area is 253 Å². The van der Waals surface area contributed by atoms with Crippen LogP contribution in [0.2, 0.25) is 0 Å². The number of benzene rings is 1. The van der Waals surface area contributed by atoms with E-state index in [0.717, 1.165) is 60.8 Å². The Morgan fingerprint density at radius 1 is 1.05 bits per heavy atom. The number of fused-ring (bicyclic) bond motifs is 7. The summed E-state index contributed by atoms with van der Waals surface area (Å²) in [6, 6.07) is 10.0. The van der Waals surface area contributed by atoms with Gasteiger partial charge in [0.15, 0.2) is 0 Å². The number of aromatic nitrogens is 3. The molecule has 2 fully saturated rings. The first-order chi connectivity index (χ1) is 21.0. The Hall–Kier alpha value is -3.92. The van der Waals surface area contributed by atoms with Crippen molar-refractivity contribution in [2.45, 2.75) is 51.9 Å². The molecule has 1 aromatic carbocycles. The second kappa shape index (κ2) is 12.0. The fourth-order valence-corrected chi connectivity index (χ4v) is 6.74. The van der Waals surface area contributed by atoms with Crippen LogP contribution < -0.4 is 20.3 Å². The number of piperidine rings is 1. The van der Waals surface area contributed by atoms with E-state index in [1.165, 1.54) is 45.2 Å². The van der Waals surface area contributed by atoms with Gasteiger partial charge in [-0.1, -0.05) is 6.42 Å². The third-order valence-corrected chi connectivity index (χ3v) is 9.23. The van der Waals surface area contributed by atoms with E-state index in [4.69, 9.17) is 14.7 Å². The summed E-state index contributed by atoms with van der Waals surface area (Å²) < 4.78 is 8.04. The van der Waals surface area contributed by atoms with Gasteiger partial charge in [-0.2, -0.15) is 10.1 Å². The van der Waals surface area contributed by atoms with Gasteiger partial charge in [-0.05, 0) is 101 Å². The summed E-state index contributed by atoms with van der Waals surface area (Å²) in [5.74, 6) is 2.15. The van der Waals surface area contributed by atoms with Crippen LogP contribution >= 0.6 is 0 Å². The zero-order valence-corrected chi connectivity index (χ0v) is 25.3. The lowest BCUT2D eigenvalue weighted by Gasteiger charge is -2.27. The molecule has 5 heterocycles. The van der Waals surface area contributed by atoms with Crippen molar-refractivity contribution in [2.75, 3.05) is 54.9 Å². The highest BCUT2D eigenvalue weighted by Gasteiger charge is 2.36. The first kappa shape index (κ1) is 27.9. The number of likely N-dealkylation sites (tertiary alicyclic amines) is 1. The van der Waals surface area contributed by atoms with Gasteiger partial charge in [-0.3, -0.25) is 9.78 Å². The second-order valence-electron chi connectivity index (χ2n) is 12.5. The molecule has 1 saturated carbocycles. The number of ether oxygens (including phenoxy) is 1. The number of anilines is 3. The Morgan fingerprint density at radius 3 is 2.74 bits per heavy atom. The van der Waals surface area contributed by atoms with Gasteiger partial charge in [-0.25, -0.2) is 4.68 Å². The monoisotopic (exact) mass is 582 g/mol. The fraction of sp³-hybridized carbons (Fsp3) is 0.515. The SMILES string of the molecule is Cc1cc2cc(n1)-c1cnn(C)c1OCCC[C@@H](C1CC1)CN1/C(=N/C2=O)Nc2ccc(NCCN3CCCCC3)cc21. The van der Waals surface area contributed by atoms with Crippen molar-refractivity contribution in [2.24, 2.45) is 23.9 Å². The minimum absolute atomic E-state index is 0.295. The van der Waals surface area contributed by atoms with E-state index in [2.05, 4.69) is 43.7 Å². The minimum atomic E-state index is -0.295. The molecule has 2 N–H and O–H groups in total. The molecule has 7 rings (SSSR count). The van der Waals surface area contributed by atoms with Gasteiger partial charge in [0.05, 0.1) is 35.4 Å². The number of amides is 1. The highest BCUT2D eigenvalue weighted by atomic mass is 16.5. The molecule has 226 valence electrons. The predicted molar refractivity (Wildman–Crippen MR) is 170 cm³/mol. The molecule has 43 heavy (non-hydrogen) atoms. The number of hydrogen-bond donors (Lipinski definition) is 2. The molecule has 1 amide bonds. The van der Waals surface area contributed by atoms with Gasteiger partial charge in [-0.15, -0.1) is 0 Å². The van der Waals surface area contributed by atoms with Crippen molar-refractivity contribution in [3.63, 3.8) is 0 Å². The number of hydrogen-bond acceptors (Lipinski definition) is 8. The molecule has 1 atom stereocenters. The van der Waals surface area contributed by atoms with E-state index in [1.807, 2.05) is 14.0 Å². The van der Waals surface area contributed by atoms with E-state index in [1.54, 1.807) is 23.0 Å². The summed E-state index contributed by atoms with van der Waals surface area (Å²) in [5, 5.41) is 11.6. The standard InChI is InChI=1S/C33H42N8O2/c1-22-17-25-18-29(36-22)27-20-35-39(2)32(27)43-16-6-7-24(23-8-9-23)21-41-30-19-26(34-12-15-40-13-4-3-5-14-40)10-11-28(30)37-33(41)38-31(25)42/h10-11,17-20,23-24,34H,3-9,12-16,21H2,1-2H3,(H,37,38,42)/t24-/m1/s1. The predicted octanol–water partition coefficient (Wildman–Crippen LogP) is 5.32. The van der Waals surface area contributed by atoms with Gasteiger partial charge >= 0.3 is 0 Å². The normalized spacial score (nSPS) is 22.2. The molecule has 2 aromatic heterocycles. The van der Waals surface area contributed by atoms with Crippen molar-refractivity contribution in [3.8, 4) is 17.1 Å². The topological polar surface area (TPSA) is 99.9 Å². The third-order valence-electron chi connectivity index (χ3n) is 9.23. The van der Waals surface area contributed by atoms with Crippen LogP contribution in [0.5, 0.6) is 5.88 Å². The smallest absolute Gasteiger partial charge is 0.280 e. The molecule has 1 saturated heterocycles. The highest BCUT2D eigenvalue weighted by Crippen LogP contribution is 2.43. The first-order valence-corrected chi connectivity index (χ1v) is 15.9. The van der Waals surface area contributed by atoms with E-state index >= 15 is 0 Å². The molecular weight excluding hydrogens is 540 g/mol. The van der Waals surface area contributed by atoms with E-state index < -0.39 is 0 Å². The summed E-state index contributed by atoms with van der Waals surface area (Å²) in [6.45, 7) is 7.69. The molecule has 3 aromatic rings. The largest absolute Gasteiger partial charge is 0.477 e. The molecule has 10 nitrogen and oxygen atoms in total. The summed E-state index contributed by atoms with van der Waals surface area (Å²) >= 11 is 0. The van der Waals surface area contributed by atoms with Crippen LogP contribution in [0.25, 0.3) is 11.3 Å². The lowest BCUT2D eigenvalue weighted by atomic mass is 9.97. The molecule has 4 aliphatic rings. The van der Waals surface area contributed by atoms with Crippen LogP contribution in [-0.2, 0) is 7.05 Å². The molecule has 2 bridgehead atoms. The number of pyridine rings is 1. The molecule has 0 radical (unpaired) electrons. The molecular formula is C33H42N8O2. The van der Waals surface area contributed by atoms with Crippen LogP contribution in [0.15, 0.2) is 41.5 Å². The fourth-order valence-electron chi connectivity index (χ4n) is 6.74. The first-order valence-electron chi connectivity index (χ1n) is 15.9. The number of guanidine groups is 1. The van der Waals surface area contributed by atoms with Crippen molar-refractivity contribution in [3.05, 3.63) is 47.8 Å². The van der Waals surface area contributed by atoms with Crippen LogP contribution in [-0.4, -0.2) is 70.9 Å². The van der Waals surface area contributed by atoms with Crippen LogP contribution in [0.1, 0.15) is 61.0 Å². The number of carbonyl (C=O) groups excluding carboxylic acids is 1. The molecule has 0 unspecified atom stereocenters. The average Bonchev–Trinajstić information content (AvgIpc) is 3.71. The van der Waals surface area contributed by atoms with Crippen LogP contribution in [0.3, 0.4) is 0 Å². The quantitative estimate of drug-likeness (QED) is 0.417. The third kappa shape index (κ3) is 6.11. The average molecular weight is 583 g/mol. The summed E-state index contributed by atoms with van der Waals surface area (Å²) in [5.41, 5.74) is 5.85. The van der Waals surface area contributed by atoms with Gasteiger partial charge in [0, 0.05) is 43.6 Å². The number of aliphatic imine (C=N–C) groups is 1. The summed E-state index contributed by atoms with van der Waals surface area (Å²) in [6.07, 6.45) is 10.2. The van der Waals surface area contributed by atoms with Gasteiger partial charge in [0.2, 0.25) is 11.8 Å². The Bertz CT molecular complexity index is 1520. The van der Waals surface area contributed by atoms with Crippen molar-refractivity contribution < 1.29 is 9.53 Å². The summed E-state index contributed by atoms with van der Waals surface area (Å²) in [7, 11) is 1.88. The summed E-state index contributed by atoms with van der Waals surface area (Å²) in [4.78, 5) is 27.9. The zero-order chi connectivity index (χ0) is 29.3. The number of nitrogens with one attached hydrogen (secondary N) is 2. The molecule has 3 aliphatic heterocycles. The number of rotatable bonds is 5. The maximum Gasteiger partial charge on any atom is 0.280 e. The minimum Gasteiger partial charge on any atom is -0.477 e. The highest BCUT2D eigenvalue weighted by molar-refractivity contribution is 6.19. The number of nitrogens with zero attached hydrogens (tertiary/aromatic N) is 6. The lowest BCUT2D eigenvalue weighted by Crippen LogP contribution is -2.36. The Kier molecular flexibility index (Phi) is 7.78. The zero-order valence-electron chi connectivity index (χ0n) is 25.3. The Balaban J connectivity index is 1.20. The number of aryl methyl sites for hydroxylation is 2.